The Morgan fingerprint density at radius 3 is 2.71 bits per heavy atom. The number of nitrogens with one attached hydrogen (secondary N) is 1. The van der Waals surface area contributed by atoms with Crippen LogP contribution in [0.15, 0.2) is 18.2 Å². The average Bonchev–Trinajstić information content (AvgIpc) is 2.69. The van der Waals surface area contributed by atoms with E-state index >= 15 is 0 Å². The first-order chi connectivity index (χ1) is 13.5. The van der Waals surface area contributed by atoms with Crippen LogP contribution in [0.4, 0.5) is 25.1 Å². The number of benzene rings is 1. The number of morpholine rings is 1. The zero-order valence-corrected chi connectivity index (χ0v) is 15.5. The molecule has 2 aromatic rings. The fourth-order valence-electron chi connectivity index (χ4n) is 3.51. The number of amides is 2. The summed E-state index contributed by atoms with van der Waals surface area (Å²) in [5.74, 6) is 0.0339. The molecule has 1 saturated heterocycles. The van der Waals surface area contributed by atoms with Crippen molar-refractivity contribution < 1.29 is 18.3 Å². The van der Waals surface area contributed by atoms with Gasteiger partial charge < -0.3 is 19.9 Å². The van der Waals surface area contributed by atoms with E-state index in [0.29, 0.717) is 38.5 Å². The van der Waals surface area contributed by atoms with Gasteiger partial charge in [0, 0.05) is 37.7 Å². The second-order valence-corrected chi connectivity index (χ2v) is 6.84. The highest BCUT2D eigenvalue weighted by molar-refractivity contribution is 5.89. The molecule has 7 nitrogen and oxygen atoms in total. The first-order valence-electron chi connectivity index (χ1n) is 9.21. The van der Waals surface area contributed by atoms with E-state index < -0.39 is 17.7 Å². The summed E-state index contributed by atoms with van der Waals surface area (Å²) < 4.78 is 32.3. The maximum absolute atomic E-state index is 13.9. The fraction of sp³-hybridized carbons (Fsp3) is 0.421. The summed E-state index contributed by atoms with van der Waals surface area (Å²) in [4.78, 5) is 25.5. The van der Waals surface area contributed by atoms with Crippen LogP contribution in [0.25, 0.3) is 0 Å². The quantitative estimate of drug-likeness (QED) is 0.855. The highest BCUT2D eigenvalue weighted by Crippen LogP contribution is 2.28. The van der Waals surface area contributed by atoms with Crippen molar-refractivity contribution in [1.82, 2.24) is 14.9 Å². The van der Waals surface area contributed by atoms with Crippen molar-refractivity contribution in [2.24, 2.45) is 0 Å². The van der Waals surface area contributed by atoms with E-state index in [0.717, 1.165) is 42.3 Å². The molecule has 9 heteroatoms. The summed E-state index contributed by atoms with van der Waals surface area (Å²) in [5.41, 5.74) is 1.80. The summed E-state index contributed by atoms with van der Waals surface area (Å²) in [6.07, 6.45) is 0.593. The number of nitrogens with zero attached hydrogens (tertiary/aromatic N) is 4. The van der Waals surface area contributed by atoms with Crippen molar-refractivity contribution in [3.05, 3.63) is 46.9 Å². The van der Waals surface area contributed by atoms with Gasteiger partial charge in [-0.1, -0.05) is 0 Å². The molecule has 0 unspecified atom stereocenters. The first kappa shape index (κ1) is 18.5. The summed E-state index contributed by atoms with van der Waals surface area (Å²) in [7, 11) is 0. The standard InChI is InChI=1S/C19H21F2N5O2/c1-12-22-16-4-5-26(19(27)24-17-3-2-13(20)10-15(17)21)11-14(16)18(23-12)25-6-8-28-9-7-25/h2-3,10H,4-9,11H2,1H3,(H,24,27). The molecule has 2 aliphatic rings. The molecular weight excluding hydrogens is 368 g/mol. The lowest BCUT2D eigenvalue weighted by molar-refractivity contribution is 0.122. The van der Waals surface area contributed by atoms with Gasteiger partial charge in [0.2, 0.25) is 0 Å². The Kier molecular flexibility index (Phi) is 5.08. The number of aryl methyl sites for hydroxylation is 1. The van der Waals surface area contributed by atoms with Crippen molar-refractivity contribution in [3.63, 3.8) is 0 Å². The number of fused-ring (bicyclic) bond motifs is 1. The Morgan fingerprint density at radius 2 is 1.96 bits per heavy atom. The minimum absolute atomic E-state index is 0.0502. The zero-order valence-electron chi connectivity index (χ0n) is 15.5. The van der Waals surface area contributed by atoms with Gasteiger partial charge in [-0.15, -0.1) is 0 Å². The Hall–Kier alpha value is -2.81. The third kappa shape index (κ3) is 3.75. The lowest BCUT2D eigenvalue weighted by atomic mass is 10.1. The molecule has 1 aromatic carbocycles. The van der Waals surface area contributed by atoms with Gasteiger partial charge in [-0.2, -0.15) is 0 Å². The van der Waals surface area contributed by atoms with Gasteiger partial charge in [-0.25, -0.2) is 23.5 Å². The highest BCUT2D eigenvalue weighted by Gasteiger charge is 2.28. The van der Waals surface area contributed by atoms with E-state index in [1.807, 2.05) is 6.92 Å². The van der Waals surface area contributed by atoms with Crippen LogP contribution in [0.1, 0.15) is 17.1 Å². The number of aromatic nitrogens is 2. The van der Waals surface area contributed by atoms with Crippen LogP contribution in [0, 0.1) is 18.6 Å². The number of hydrogen-bond acceptors (Lipinski definition) is 5. The van der Waals surface area contributed by atoms with Crippen molar-refractivity contribution >= 4 is 17.5 Å². The van der Waals surface area contributed by atoms with Crippen LogP contribution in [0.3, 0.4) is 0 Å². The Balaban J connectivity index is 1.55. The predicted octanol–water partition coefficient (Wildman–Crippen LogP) is 2.49. The molecule has 1 fully saturated rings. The third-order valence-corrected chi connectivity index (χ3v) is 4.92. The van der Waals surface area contributed by atoms with Crippen molar-refractivity contribution in [2.45, 2.75) is 19.9 Å². The molecule has 28 heavy (non-hydrogen) atoms. The molecule has 0 bridgehead atoms. The van der Waals surface area contributed by atoms with E-state index in [1.54, 1.807) is 4.90 Å². The van der Waals surface area contributed by atoms with Gasteiger partial charge >= 0.3 is 6.03 Å². The highest BCUT2D eigenvalue weighted by atomic mass is 19.1. The van der Waals surface area contributed by atoms with E-state index in [9.17, 15) is 13.6 Å². The molecule has 0 atom stereocenters. The molecule has 4 rings (SSSR count). The van der Waals surface area contributed by atoms with Crippen molar-refractivity contribution in [3.8, 4) is 0 Å². The second kappa shape index (κ2) is 7.67. The minimum Gasteiger partial charge on any atom is -0.378 e. The van der Waals surface area contributed by atoms with E-state index in [1.165, 1.54) is 6.07 Å². The van der Waals surface area contributed by atoms with Crippen molar-refractivity contribution in [2.75, 3.05) is 43.1 Å². The molecule has 3 heterocycles. The second-order valence-electron chi connectivity index (χ2n) is 6.84. The van der Waals surface area contributed by atoms with Crippen LogP contribution in [0.2, 0.25) is 0 Å². The number of hydrogen-bond donors (Lipinski definition) is 1. The molecular formula is C19H21F2N5O2. The topological polar surface area (TPSA) is 70.6 Å². The van der Waals surface area contributed by atoms with Gasteiger partial charge in [-0.3, -0.25) is 0 Å². The number of halogens is 2. The third-order valence-electron chi connectivity index (χ3n) is 4.92. The number of rotatable bonds is 2. The summed E-state index contributed by atoms with van der Waals surface area (Å²) in [5, 5.41) is 2.52. The number of urea groups is 1. The van der Waals surface area contributed by atoms with Gasteiger partial charge in [0.25, 0.3) is 0 Å². The smallest absolute Gasteiger partial charge is 0.322 e. The maximum Gasteiger partial charge on any atom is 0.322 e. The zero-order chi connectivity index (χ0) is 19.7. The van der Waals surface area contributed by atoms with Crippen molar-refractivity contribution in [1.29, 1.82) is 0 Å². The summed E-state index contributed by atoms with van der Waals surface area (Å²) in [6.45, 7) is 5.38. The fourth-order valence-corrected chi connectivity index (χ4v) is 3.51. The number of carbonyl (C=O) groups is 1. The molecule has 148 valence electrons. The molecule has 0 saturated carbocycles. The molecule has 1 N–H and O–H groups in total. The molecule has 1 aromatic heterocycles. The van der Waals surface area contributed by atoms with Gasteiger partial charge in [0.15, 0.2) is 0 Å². The van der Waals surface area contributed by atoms with Crippen LogP contribution in [-0.4, -0.2) is 53.7 Å². The predicted molar refractivity (Wildman–Crippen MR) is 99.3 cm³/mol. The molecule has 2 aliphatic heterocycles. The maximum atomic E-state index is 13.9. The van der Waals surface area contributed by atoms with Crippen LogP contribution in [-0.2, 0) is 17.7 Å². The van der Waals surface area contributed by atoms with Gasteiger partial charge in [0.05, 0.1) is 31.1 Å². The number of anilines is 2. The lowest BCUT2D eigenvalue weighted by Crippen LogP contribution is -2.42. The van der Waals surface area contributed by atoms with Crippen LogP contribution >= 0.6 is 0 Å². The summed E-state index contributed by atoms with van der Waals surface area (Å²) in [6, 6.07) is 2.63. The monoisotopic (exact) mass is 389 g/mol. The number of carbonyl (C=O) groups excluding carboxylic acids is 1. The SMILES string of the molecule is Cc1nc2c(c(N3CCOCC3)n1)CN(C(=O)Nc1ccc(F)cc1F)CC2. The van der Waals surface area contributed by atoms with E-state index in [2.05, 4.69) is 20.2 Å². The summed E-state index contributed by atoms with van der Waals surface area (Å²) >= 11 is 0. The van der Waals surface area contributed by atoms with Gasteiger partial charge in [-0.05, 0) is 19.1 Å². The minimum atomic E-state index is -0.807. The average molecular weight is 389 g/mol. The molecule has 0 spiro atoms. The Morgan fingerprint density at radius 1 is 1.18 bits per heavy atom. The van der Waals surface area contributed by atoms with Crippen LogP contribution < -0.4 is 10.2 Å². The lowest BCUT2D eigenvalue weighted by Gasteiger charge is -2.34. The van der Waals surface area contributed by atoms with Crippen LogP contribution in [0.5, 0.6) is 0 Å². The van der Waals surface area contributed by atoms with E-state index in [4.69, 9.17) is 4.74 Å². The first-order valence-corrected chi connectivity index (χ1v) is 9.21. The number of ether oxygens (including phenoxy) is 1. The normalized spacial score (nSPS) is 16.7. The van der Waals surface area contributed by atoms with E-state index in [-0.39, 0.29) is 5.69 Å². The van der Waals surface area contributed by atoms with Gasteiger partial charge in [0.1, 0.15) is 23.3 Å². The Bertz CT molecular complexity index is 902. The molecule has 0 aliphatic carbocycles. The Labute approximate surface area is 161 Å². The largest absolute Gasteiger partial charge is 0.378 e. The molecule has 2 amide bonds. The molecule has 0 radical (unpaired) electrons.